The highest BCUT2D eigenvalue weighted by molar-refractivity contribution is 6.36. The largest absolute Gasteiger partial charge is 0.324 e. The van der Waals surface area contributed by atoms with Crippen LogP contribution in [0.2, 0.25) is 15.1 Å². The number of rotatable bonds is 3. The SMILES string of the molecule is Cc1cc(C)c(NC(=O)Cc2c(Cl)cccc2Cl)c(Cl)c1. The molecule has 0 aromatic heterocycles. The fraction of sp³-hybridized carbons (Fsp3) is 0.188. The highest BCUT2D eigenvalue weighted by atomic mass is 35.5. The molecule has 110 valence electrons. The van der Waals surface area contributed by atoms with Crippen molar-refractivity contribution in [2.24, 2.45) is 0 Å². The van der Waals surface area contributed by atoms with Crippen LogP contribution in [0.3, 0.4) is 0 Å². The number of hydrogen-bond acceptors (Lipinski definition) is 1. The van der Waals surface area contributed by atoms with Gasteiger partial charge in [0, 0.05) is 10.0 Å². The molecule has 0 aliphatic rings. The summed E-state index contributed by atoms with van der Waals surface area (Å²) in [7, 11) is 0. The van der Waals surface area contributed by atoms with Gasteiger partial charge in [-0.05, 0) is 48.7 Å². The van der Waals surface area contributed by atoms with Gasteiger partial charge in [-0.15, -0.1) is 0 Å². The van der Waals surface area contributed by atoms with Crippen molar-refractivity contribution in [3.63, 3.8) is 0 Å². The molecule has 1 N–H and O–H groups in total. The second-order valence-electron chi connectivity index (χ2n) is 4.86. The first-order valence-electron chi connectivity index (χ1n) is 6.38. The summed E-state index contributed by atoms with van der Waals surface area (Å²) >= 11 is 18.3. The standard InChI is InChI=1S/C16H14Cl3NO/c1-9-6-10(2)16(14(19)7-9)20-15(21)8-11-12(17)4-3-5-13(11)18/h3-7H,8H2,1-2H3,(H,20,21). The predicted molar refractivity (Wildman–Crippen MR) is 89.7 cm³/mol. The molecule has 2 nitrogen and oxygen atoms in total. The summed E-state index contributed by atoms with van der Waals surface area (Å²) in [5.74, 6) is -0.209. The average Bonchev–Trinajstić information content (AvgIpc) is 2.38. The van der Waals surface area contributed by atoms with Crippen LogP contribution >= 0.6 is 34.8 Å². The van der Waals surface area contributed by atoms with Crippen molar-refractivity contribution in [1.29, 1.82) is 0 Å². The van der Waals surface area contributed by atoms with Gasteiger partial charge in [-0.3, -0.25) is 4.79 Å². The number of anilines is 1. The Morgan fingerprint density at radius 3 is 2.24 bits per heavy atom. The van der Waals surface area contributed by atoms with E-state index in [0.717, 1.165) is 11.1 Å². The molecule has 2 aromatic rings. The maximum Gasteiger partial charge on any atom is 0.228 e. The first-order valence-corrected chi connectivity index (χ1v) is 7.51. The van der Waals surface area contributed by atoms with E-state index in [1.807, 2.05) is 26.0 Å². The fourth-order valence-corrected chi connectivity index (χ4v) is 3.02. The van der Waals surface area contributed by atoms with E-state index in [2.05, 4.69) is 5.32 Å². The molecular weight excluding hydrogens is 329 g/mol. The Morgan fingerprint density at radius 2 is 1.67 bits per heavy atom. The molecule has 2 aromatic carbocycles. The molecular formula is C16H14Cl3NO. The van der Waals surface area contributed by atoms with Crippen LogP contribution in [0.15, 0.2) is 30.3 Å². The third-order valence-corrected chi connectivity index (χ3v) is 4.10. The quantitative estimate of drug-likeness (QED) is 0.790. The second kappa shape index (κ2) is 6.69. The van der Waals surface area contributed by atoms with E-state index in [1.54, 1.807) is 18.2 Å². The van der Waals surface area contributed by atoms with Gasteiger partial charge in [0.2, 0.25) is 5.91 Å². The van der Waals surface area contributed by atoms with Crippen molar-refractivity contribution >= 4 is 46.4 Å². The van der Waals surface area contributed by atoms with Crippen LogP contribution in [0.25, 0.3) is 0 Å². The number of carbonyl (C=O) groups excluding carboxylic acids is 1. The number of halogens is 3. The molecule has 0 saturated carbocycles. The molecule has 0 bridgehead atoms. The van der Waals surface area contributed by atoms with Gasteiger partial charge >= 0.3 is 0 Å². The fourth-order valence-electron chi connectivity index (χ4n) is 2.12. The maximum absolute atomic E-state index is 12.2. The van der Waals surface area contributed by atoms with Crippen molar-refractivity contribution in [3.05, 3.63) is 62.1 Å². The van der Waals surface area contributed by atoms with Gasteiger partial charge in [-0.25, -0.2) is 0 Å². The average molecular weight is 343 g/mol. The summed E-state index contributed by atoms with van der Waals surface area (Å²) in [6, 6.07) is 8.93. The van der Waals surface area contributed by atoms with E-state index >= 15 is 0 Å². The molecule has 0 radical (unpaired) electrons. The molecule has 0 heterocycles. The summed E-state index contributed by atoms with van der Waals surface area (Å²) in [6.45, 7) is 3.85. The number of benzene rings is 2. The molecule has 0 spiro atoms. The molecule has 0 atom stereocenters. The van der Waals surface area contributed by atoms with Crippen molar-refractivity contribution in [2.75, 3.05) is 5.32 Å². The maximum atomic E-state index is 12.2. The Labute approximate surface area is 139 Å². The van der Waals surface area contributed by atoms with Gasteiger partial charge in [0.25, 0.3) is 0 Å². The third-order valence-electron chi connectivity index (χ3n) is 3.10. The number of carbonyl (C=O) groups is 1. The Balaban J connectivity index is 2.20. The minimum absolute atomic E-state index is 0.0994. The van der Waals surface area contributed by atoms with Gasteiger partial charge in [0.05, 0.1) is 17.1 Å². The summed E-state index contributed by atoms with van der Waals surface area (Å²) in [6.07, 6.45) is 0.0994. The topological polar surface area (TPSA) is 29.1 Å². The zero-order valence-corrected chi connectivity index (χ0v) is 13.9. The minimum Gasteiger partial charge on any atom is -0.324 e. The van der Waals surface area contributed by atoms with Gasteiger partial charge in [-0.2, -0.15) is 0 Å². The van der Waals surface area contributed by atoms with Crippen molar-refractivity contribution < 1.29 is 4.79 Å². The zero-order chi connectivity index (χ0) is 15.6. The molecule has 0 saturated heterocycles. The Bertz CT molecular complexity index is 655. The van der Waals surface area contributed by atoms with E-state index in [1.165, 1.54) is 0 Å². The molecule has 21 heavy (non-hydrogen) atoms. The van der Waals surface area contributed by atoms with E-state index in [9.17, 15) is 4.79 Å². The lowest BCUT2D eigenvalue weighted by atomic mass is 10.1. The van der Waals surface area contributed by atoms with Crippen LogP contribution < -0.4 is 5.32 Å². The molecule has 0 aliphatic heterocycles. The lowest BCUT2D eigenvalue weighted by Gasteiger charge is -2.12. The van der Waals surface area contributed by atoms with Crippen LogP contribution in [-0.4, -0.2) is 5.91 Å². The van der Waals surface area contributed by atoms with E-state index in [4.69, 9.17) is 34.8 Å². The lowest BCUT2D eigenvalue weighted by molar-refractivity contribution is -0.115. The molecule has 1 amide bonds. The Kier molecular flexibility index (Phi) is 5.15. The second-order valence-corrected chi connectivity index (χ2v) is 6.09. The highest BCUT2D eigenvalue weighted by Gasteiger charge is 2.13. The number of hydrogen-bond donors (Lipinski definition) is 1. The van der Waals surface area contributed by atoms with E-state index < -0.39 is 0 Å². The van der Waals surface area contributed by atoms with Crippen LogP contribution in [0.1, 0.15) is 16.7 Å². The molecule has 0 fully saturated rings. The van der Waals surface area contributed by atoms with Gasteiger partial charge in [0.1, 0.15) is 0 Å². The van der Waals surface area contributed by atoms with Crippen LogP contribution in [0, 0.1) is 13.8 Å². The lowest BCUT2D eigenvalue weighted by Crippen LogP contribution is -2.16. The Morgan fingerprint density at radius 1 is 1.05 bits per heavy atom. The highest BCUT2D eigenvalue weighted by Crippen LogP contribution is 2.29. The number of amides is 1. The summed E-state index contributed by atoms with van der Waals surface area (Å²) in [4.78, 5) is 12.2. The van der Waals surface area contributed by atoms with Crippen molar-refractivity contribution in [3.8, 4) is 0 Å². The minimum atomic E-state index is -0.209. The van der Waals surface area contributed by atoms with Gasteiger partial charge < -0.3 is 5.32 Å². The normalized spacial score (nSPS) is 10.5. The molecule has 5 heteroatoms. The van der Waals surface area contributed by atoms with Crippen molar-refractivity contribution in [2.45, 2.75) is 20.3 Å². The number of nitrogens with one attached hydrogen (secondary N) is 1. The van der Waals surface area contributed by atoms with Crippen LogP contribution in [0.5, 0.6) is 0 Å². The number of aryl methyl sites for hydroxylation is 2. The molecule has 0 unspecified atom stereocenters. The van der Waals surface area contributed by atoms with Crippen molar-refractivity contribution in [1.82, 2.24) is 0 Å². The van der Waals surface area contributed by atoms with Gasteiger partial charge in [0.15, 0.2) is 0 Å². The predicted octanol–water partition coefficient (Wildman–Crippen LogP) is 5.44. The molecule has 0 aliphatic carbocycles. The smallest absolute Gasteiger partial charge is 0.228 e. The summed E-state index contributed by atoms with van der Waals surface area (Å²) in [5.41, 5.74) is 3.19. The molecule has 2 rings (SSSR count). The third kappa shape index (κ3) is 3.91. The first kappa shape index (κ1) is 16.2. The van der Waals surface area contributed by atoms with Gasteiger partial charge in [-0.1, -0.05) is 46.9 Å². The van der Waals surface area contributed by atoms with Crippen LogP contribution in [0.4, 0.5) is 5.69 Å². The van der Waals surface area contributed by atoms with E-state index in [0.29, 0.717) is 26.3 Å². The van der Waals surface area contributed by atoms with E-state index in [-0.39, 0.29) is 12.3 Å². The zero-order valence-electron chi connectivity index (χ0n) is 11.6. The first-order chi connectivity index (χ1) is 9.88. The monoisotopic (exact) mass is 341 g/mol. The Hall–Kier alpha value is -1.22. The summed E-state index contributed by atoms with van der Waals surface area (Å²) in [5, 5.41) is 4.29. The summed E-state index contributed by atoms with van der Waals surface area (Å²) < 4.78 is 0. The van der Waals surface area contributed by atoms with Crippen LogP contribution in [-0.2, 0) is 11.2 Å².